The van der Waals surface area contributed by atoms with Gasteiger partial charge in [0, 0.05) is 26.2 Å². The molecule has 0 aromatic heterocycles. The van der Waals surface area contributed by atoms with Crippen molar-refractivity contribution in [2.75, 3.05) is 93.3 Å². The van der Waals surface area contributed by atoms with Gasteiger partial charge in [-0.1, -0.05) is 19.8 Å². The Bertz CT molecular complexity index is 539. The third-order valence-electron chi connectivity index (χ3n) is 5.76. The monoisotopic (exact) mass is 517 g/mol. The van der Waals surface area contributed by atoms with Gasteiger partial charge in [-0.3, -0.25) is 4.90 Å². The van der Waals surface area contributed by atoms with E-state index in [0.717, 1.165) is 77.8 Å². The van der Waals surface area contributed by atoms with E-state index in [1.165, 1.54) is 0 Å². The van der Waals surface area contributed by atoms with Crippen LogP contribution in [0.3, 0.4) is 0 Å². The van der Waals surface area contributed by atoms with Crippen LogP contribution in [0.5, 0.6) is 0 Å². The lowest BCUT2D eigenvalue weighted by molar-refractivity contribution is 0.0773. The molecule has 0 spiro atoms. The minimum Gasteiger partial charge on any atom is -0.447 e. The van der Waals surface area contributed by atoms with Crippen LogP contribution in [0.15, 0.2) is 0 Å². The Labute approximate surface area is 220 Å². The van der Waals surface area contributed by atoms with E-state index in [2.05, 4.69) is 53.4 Å². The summed E-state index contributed by atoms with van der Waals surface area (Å²) in [5, 5.41) is 5.59. The van der Waals surface area contributed by atoms with Crippen molar-refractivity contribution < 1.29 is 23.8 Å². The topological polar surface area (TPSA) is 95.6 Å². The van der Waals surface area contributed by atoms with Crippen LogP contribution in [0.25, 0.3) is 0 Å². The highest BCUT2D eigenvalue weighted by Gasteiger charge is 2.14. The van der Waals surface area contributed by atoms with Crippen molar-refractivity contribution in [1.29, 1.82) is 0 Å². The molecule has 0 aliphatic carbocycles. The molecule has 1 atom stereocenters. The summed E-state index contributed by atoms with van der Waals surface area (Å²) in [6, 6.07) is 0. The number of carbonyl (C=O) groups excluding carboxylic acids is 2. The molecule has 214 valence electrons. The maximum atomic E-state index is 12.2. The van der Waals surface area contributed by atoms with Gasteiger partial charge in [-0.15, -0.1) is 0 Å². The molecule has 0 aromatic rings. The van der Waals surface area contributed by atoms with Gasteiger partial charge in [-0.2, -0.15) is 0 Å². The zero-order chi connectivity index (χ0) is 27.0. The molecule has 0 aliphatic heterocycles. The Morgan fingerprint density at radius 1 is 0.778 bits per heavy atom. The van der Waals surface area contributed by atoms with E-state index in [4.69, 9.17) is 14.2 Å². The molecule has 1 unspecified atom stereocenters. The number of carbonyl (C=O) groups is 2. The summed E-state index contributed by atoms with van der Waals surface area (Å²) < 4.78 is 15.7. The zero-order valence-electron chi connectivity index (χ0n) is 24.0. The molecule has 2 N–H and O–H groups in total. The van der Waals surface area contributed by atoms with Gasteiger partial charge in [0.05, 0.1) is 6.61 Å². The minimum absolute atomic E-state index is 0.160. The number of hydrogen-bond acceptors (Lipinski definition) is 8. The number of amides is 2. The highest BCUT2D eigenvalue weighted by Crippen LogP contribution is 2.03. The zero-order valence-corrected chi connectivity index (χ0v) is 24.0. The van der Waals surface area contributed by atoms with Gasteiger partial charge in [-0.25, -0.2) is 9.59 Å². The average Bonchev–Trinajstić information content (AvgIpc) is 2.82. The molecule has 0 rings (SSSR count). The molecule has 0 aliphatic rings. The first-order chi connectivity index (χ1) is 17.3. The van der Waals surface area contributed by atoms with Crippen molar-refractivity contribution in [3.05, 3.63) is 0 Å². The van der Waals surface area contributed by atoms with Gasteiger partial charge in [0.25, 0.3) is 0 Å². The first kappa shape index (κ1) is 34.4. The molecule has 36 heavy (non-hydrogen) atoms. The molecular weight excluding hydrogens is 462 g/mol. The second-order valence-corrected chi connectivity index (χ2v) is 9.52. The number of ether oxygens (including phenoxy) is 3. The lowest BCUT2D eigenvalue weighted by atomic mass is 10.2. The molecule has 0 heterocycles. The number of hydrogen-bond donors (Lipinski definition) is 2. The molecule has 0 bridgehead atoms. The fourth-order valence-corrected chi connectivity index (χ4v) is 3.63. The first-order valence-electron chi connectivity index (χ1n) is 13.8. The summed E-state index contributed by atoms with van der Waals surface area (Å²) in [6.07, 6.45) is 4.99. The van der Waals surface area contributed by atoms with E-state index in [-0.39, 0.29) is 18.8 Å². The second kappa shape index (κ2) is 23.8. The highest BCUT2D eigenvalue weighted by atomic mass is 16.6. The molecule has 0 saturated heterocycles. The number of rotatable bonds is 23. The number of nitrogens with one attached hydrogen (secondary N) is 2. The normalized spacial score (nSPS) is 12.2. The van der Waals surface area contributed by atoms with E-state index in [0.29, 0.717) is 26.3 Å². The van der Waals surface area contributed by atoms with Gasteiger partial charge >= 0.3 is 12.2 Å². The van der Waals surface area contributed by atoms with Crippen LogP contribution in [0, 0.1) is 0 Å². The van der Waals surface area contributed by atoms with Gasteiger partial charge in [-0.05, 0) is 93.4 Å². The standard InChI is InChI=1S/C26H55N5O5/c1-7-30(6)18-14-20-31(19-13-17-29(4)5)23-24(3)36-26(33)28-16-12-10-9-11-15-27-25(32)35-22-21-34-8-2/h24H,7-23H2,1-6H3,(H,27,32)(H,28,33). The number of alkyl carbamates (subject to hydrolysis) is 2. The number of nitrogens with zero attached hydrogens (tertiary/aromatic N) is 3. The van der Waals surface area contributed by atoms with Crippen molar-refractivity contribution in [1.82, 2.24) is 25.3 Å². The quantitative estimate of drug-likeness (QED) is 0.200. The molecule has 0 aromatic carbocycles. The lowest BCUT2D eigenvalue weighted by Crippen LogP contribution is -2.38. The maximum absolute atomic E-state index is 12.2. The van der Waals surface area contributed by atoms with Gasteiger partial charge in [0.2, 0.25) is 0 Å². The van der Waals surface area contributed by atoms with Crippen LogP contribution < -0.4 is 10.6 Å². The van der Waals surface area contributed by atoms with Crippen molar-refractivity contribution in [3.8, 4) is 0 Å². The smallest absolute Gasteiger partial charge is 0.407 e. The predicted molar refractivity (Wildman–Crippen MR) is 146 cm³/mol. The SMILES string of the molecule is CCOCCOC(=O)NCCCCCCNC(=O)OC(C)CN(CCCN(C)C)CCCN(C)CC. The van der Waals surface area contributed by atoms with Crippen molar-refractivity contribution >= 4 is 12.2 Å². The molecule has 2 amide bonds. The van der Waals surface area contributed by atoms with E-state index >= 15 is 0 Å². The fraction of sp³-hybridized carbons (Fsp3) is 0.923. The van der Waals surface area contributed by atoms with Crippen LogP contribution >= 0.6 is 0 Å². The Morgan fingerprint density at radius 3 is 1.97 bits per heavy atom. The second-order valence-electron chi connectivity index (χ2n) is 9.52. The summed E-state index contributed by atoms with van der Waals surface area (Å²) in [6.45, 7) is 14.5. The van der Waals surface area contributed by atoms with Crippen LogP contribution in [0.1, 0.15) is 59.3 Å². The summed E-state index contributed by atoms with van der Waals surface area (Å²) in [4.78, 5) is 30.6. The molecule has 0 saturated carbocycles. The lowest BCUT2D eigenvalue weighted by Gasteiger charge is -2.27. The van der Waals surface area contributed by atoms with Gasteiger partial charge in [0.1, 0.15) is 12.7 Å². The van der Waals surface area contributed by atoms with Crippen LogP contribution in [0.4, 0.5) is 9.59 Å². The first-order valence-corrected chi connectivity index (χ1v) is 13.8. The van der Waals surface area contributed by atoms with Gasteiger partial charge in [0.15, 0.2) is 0 Å². The van der Waals surface area contributed by atoms with Crippen molar-refractivity contribution in [2.24, 2.45) is 0 Å². The average molecular weight is 518 g/mol. The minimum atomic E-state index is -0.405. The fourth-order valence-electron chi connectivity index (χ4n) is 3.63. The molecule has 10 nitrogen and oxygen atoms in total. The van der Waals surface area contributed by atoms with E-state index in [9.17, 15) is 9.59 Å². The third-order valence-corrected chi connectivity index (χ3v) is 5.76. The molecular formula is C26H55N5O5. The summed E-state index contributed by atoms with van der Waals surface area (Å²) in [7, 11) is 6.33. The predicted octanol–water partition coefficient (Wildman–Crippen LogP) is 3.02. The molecule has 0 radical (unpaired) electrons. The summed E-state index contributed by atoms with van der Waals surface area (Å²) >= 11 is 0. The molecule has 10 heteroatoms. The van der Waals surface area contributed by atoms with Crippen LogP contribution in [-0.2, 0) is 14.2 Å². The van der Waals surface area contributed by atoms with Crippen molar-refractivity contribution in [2.45, 2.75) is 65.4 Å². The van der Waals surface area contributed by atoms with Gasteiger partial charge < -0.3 is 34.6 Å². The molecule has 0 fully saturated rings. The Kier molecular flexibility index (Phi) is 22.7. The number of unbranched alkanes of at least 4 members (excludes halogenated alkanes) is 3. The highest BCUT2D eigenvalue weighted by molar-refractivity contribution is 5.67. The van der Waals surface area contributed by atoms with E-state index < -0.39 is 6.09 Å². The van der Waals surface area contributed by atoms with Crippen molar-refractivity contribution in [3.63, 3.8) is 0 Å². The largest absolute Gasteiger partial charge is 0.447 e. The maximum Gasteiger partial charge on any atom is 0.407 e. The van der Waals surface area contributed by atoms with E-state index in [1.54, 1.807) is 0 Å². The van der Waals surface area contributed by atoms with Crippen LogP contribution in [-0.4, -0.2) is 126 Å². The third kappa shape index (κ3) is 22.8. The summed E-state index contributed by atoms with van der Waals surface area (Å²) in [5.41, 5.74) is 0. The Hall–Kier alpha value is -1.62. The Balaban J connectivity index is 3.95. The summed E-state index contributed by atoms with van der Waals surface area (Å²) in [5.74, 6) is 0. The van der Waals surface area contributed by atoms with Crippen LogP contribution in [0.2, 0.25) is 0 Å². The Morgan fingerprint density at radius 2 is 1.39 bits per heavy atom. The van der Waals surface area contributed by atoms with E-state index in [1.807, 2.05) is 13.8 Å².